The Morgan fingerprint density at radius 2 is 1.96 bits per heavy atom. The molecule has 128 valence electrons. The van der Waals surface area contributed by atoms with Crippen LogP contribution in [0.4, 0.5) is 5.95 Å². The summed E-state index contributed by atoms with van der Waals surface area (Å²) >= 11 is 0. The molecule has 1 fully saturated rings. The van der Waals surface area contributed by atoms with Crippen molar-refractivity contribution in [1.29, 1.82) is 0 Å². The second kappa shape index (κ2) is 6.14. The topological polar surface area (TPSA) is 90.2 Å². The highest BCUT2D eigenvalue weighted by atomic mass is 32.2. The van der Waals surface area contributed by atoms with Crippen LogP contribution < -0.4 is 4.90 Å². The second-order valence-corrected chi connectivity index (χ2v) is 8.19. The van der Waals surface area contributed by atoms with Gasteiger partial charge in [-0.25, -0.2) is 13.1 Å². The summed E-state index contributed by atoms with van der Waals surface area (Å²) in [4.78, 5) is 2.37. The van der Waals surface area contributed by atoms with E-state index in [0.717, 1.165) is 18.4 Å². The first kappa shape index (κ1) is 15.5. The van der Waals surface area contributed by atoms with Crippen LogP contribution in [-0.2, 0) is 21.1 Å². The summed E-state index contributed by atoms with van der Waals surface area (Å²) in [6, 6.07) is 7.35. The third-order valence-electron chi connectivity index (χ3n) is 4.59. The van der Waals surface area contributed by atoms with E-state index in [1.807, 2.05) is 21.7 Å². The van der Waals surface area contributed by atoms with Gasteiger partial charge < -0.3 is 9.64 Å². The predicted octanol–water partition coefficient (Wildman–Crippen LogP) is 0.818. The van der Waals surface area contributed by atoms with E-state index in [2.05, 4.69) is 15.5 Å². The normalized spacial score (nSPS) is 21.2. The molecular weight excluding hydrogens is 330 g/mol. The van der Waals surface area contributed by atoms with Crippen molar-refractivity contribution in [3.8, 4) is 0 Å². The lowest BCUT2D eigenvalue weighted by molar-refractivity contribution is 0.0660. The number of anilines is 1. The predicted molar refractivity (Wildman–Crippen MR) is 86.5 cm³/mol. The first-order chi connectivity index (χ1) is 11.6. The summed E-state index contributed by atoms with van der Waals surface area (Å²) in [5, 5.41) is 12.1. The van der Waals surface area contributed by atoms with Crippen molar-refractivity contribution < 1.29 is 13.2 Å². The van der Waals surface area contributed by atoms with E-state index in [1.54, 1.807) is 12.1 Å². The van der Waals surface area contributed by atoms with Crippen LogP contribution >= 0.6 is 0 Å². The van der Waals surface area contributed by atoms with Crippen molar-refractivity contribution in [3.05, 3.63) is 29.8 Å². The molecule has 8 nitrogen and oxygen atoms in total. The quantitative estimate of drug-likeness (QED) is 0.793. The maximum Gasteiger partial charge on any atom is 0.246 e. The Bertz CT molecular complexity index is 829. The van der Waals surface area contributed by atoms with Crippen molar-refractivity contribution in [3.63, 3.8) is 0 Å². The Kier molecular flexibility index (Phi) is 3.97. The van der Waals surface area contributed by atoms with Crippen LogP contribution in [0, 0.1) is 0 Å². The van der Waals surface area contributed by atoms with Gasteiger partial charge in [-0.2, -0.15) is 0 Å². The Labute approximate surface area is 140 Å². The molecule has 3 heterocycles. The van der Waals surface area contributed by atoms with E-state index in [1.165, 1.54) is 0 Å². The molecule has 0 unspecified atom stereocenters. The molecule has 2 aliphatic rings. The third kappa shape index (κ3) is 2.78. The molecule has 0 atom stereocenters. The molecule has 24 heavy (non-hydrogen) atoms. The van der Waals surface area contributed by atoms with Gasteiger partial charge in [0.2, 0.25) is 5.95 Å². The molecule has 0 aliphatic carbocycles. The molecule has 1 aromatic heterocycles. The fourth-order valence-electron chi connectivity index (χ4n) is 3.30. The molecule has 0 amide bonds. The first-order valence-electron chi connectivity index (χ1n) is 8.06. The zero-order chi connectivity index (χ0) is 16.6. The largest absolute Gasteiger partial charge is 0.381 e. The van der Waals surface area contributed by atoms with Crippen LogP contribution in [0.25, 0.3) is 0 Å². The summed E-state index contributed by atoms with van der Waals surface area (Å²) in [5.74, 6) is 0.693. The molecule has 1 saturated heterocycles. The average molecular weight is 349 g/mol. The maximum atomic E-state index is 12.5. The van der Waals surface area contributed by atoms with E-state index >= 15 is 0 Å². The minimum absolute atomic E-state index is 0.0602. The minimum atomic E-state index is -3.28. The number of hydrogen-bond acceptors (Lipinski definition) is 7. The standard InChI is InChI=1S/C15H19N5O3S/c21-24(22)10-7-19(11-12-3-1-2-4-14(12)24)15-16-17-18-20(15)13-5-8-23-9-6-13/h1-4,13H,5-11H2. The van der Waals surface area contributed by atoms with Crippen LogP contribution in [0.5, 0.6) is 0 Å². The number of ether oxygens (including phenoxy) is 1. The number of tetrazole rings is 1. The van der Waals surface area contributed by atoms with Crippen molar-refractivity contribution in [2.45, 2.75) is 30.3 Å². The van der Waals surface area contributed by atoms with Crippen molar-refractivity contribution in [2.24, 2.45) is 0 Å². The summed E-state index contributed by atoms with van der Waals surface area (Å²) in [7, 11) is -3.28. The van der Waals surface area contributed by atoms with Gasteiger partial charge in [0.25, 0.3) is 0 Å². The van der Waals surface area contributed by atoms with Crippen LogP contribution in [0.2, 0.25) is 0 Å². The summed E-state index contributed by atoms with van der Waals surface area (Å²) in [6.45, 7) is 2.25. The SMILES string of the molecule is O=S1(=O)CCN(c2nnnn2C2CCOCC2)Cc2ccccc21. The van der Waals surface area contributed by atoms with Crippen LogP contribution in [0.15, 0.2) is 29.2 Å². The summed E-state index contributed by atoms with van der Waals surface area (Å²) < 4.78 is 32.2. The van der Waals surface area contributed by atoms with Crippen molar-refractivity contribution >= 4 is 15.8 Å². The Morgan fingerprint density at radius 3 is 2.79 bits per heavy atom. The van der Waals surface area contributed by atoms with Crippen LogP contribution in [-0.4, -0.2) is 54.1 Å². The van der Waals surface area contributed by atoms with Gasteiger partial charge >= 0.3 is 0 Å². The van der Waals surface area contributed by atoms with Gasteiger partial charge in [-0.15, -0.1) is 0 Å². The van der Waals surface area contributed by atoms with Crippen LogP contribution in [0.1, 0.15) is 24.4 Å². The van der Waals surface area contributed by atoms with Crippen molar-refractivity contribution in [2.75, 3.05) is 30.4 Å². The van der Waals surface area contributed by atoms with Gasteiger partial charge in [0.1, 0.15) is 0 Å². The molecule has 0 bridgehead atoms. The first-order valence-corrected chi connectivity index (χ1v) is 9.71. The highest BCUT2D eigenvalue weighted by Crippen LogP contribution is 2.28. The lowest BCUT2D eigenvalue weighted by Gasteiger charge is -2.26. The van der Waals surface area contributed by atoms with E-state index < -0.39 is 9.84 Å². The van der Waals surface area contributed by atoms with E-state index in [9.17, 15) is 8.42 Å². The summed E-state index contributed by atoms with van der Waals surface area (Å²) in [5.41, 5.74) is 0.788. The molecule has 0 spiro atoms. The fraction of sp³-hybridized carbons (Fsp3) is 0.533. The number of fused-ring (bicyclic) bond motifs is 1. The molecular formula is C15H19N5O3S. The van der Waals surface area contributed by atoms with Crippen molar-refractivity contribution in [1.82, 2.24) is 20.2 Å². The number of aromatic nitrogens is 4. The molecule has 9 heteroatoms. The molecule has 0 radical (unpaired) electrons. The number of rotatable bonds is 2. The van der Waals surface area contributed by atoms with E-state index in [-0.39, 0.29) is 11.8 Å². The monoisotopic (exact) mass is 349 g/mol. The zero-order valence-electron chi connectivity index (χ0n) is 13.2. The smallest absolute Gasteiger partial charge is 0.246 e. The Hall–Kier alpha value is -2.00. The second-order valence-electron chi connectivity index (χ2n) is 6.12. The van der Waals surface area contributed by atoms with E-state index in [4.69, 9.17) is 4.74 Å². The third-order valence-corrected chi connectivity index (χ3v) is 6.38. The molecule has 0 N–H and O–H groups in total. The lowest BCUT2D eigenvalue weighted by Crippen LogP contribution is -2.31. The van der Waals surface area contributed by atoms with Gasteiger partial charge in [-0.1, -0.05) is 23.3 Å². The number of benzene rings is 1. The van der Waals surface area contributed by atoms with Gasteiger partial charge in [-0.05, 0) is 34.9 Å². The molecule has 4 rings (SSSR count). The zero-order valence-corrected chi connectivity index (χ0v) is 14.0. The Morgan fingerprint density at radius 1 is 1.17 bits per heavy atom. The highest BCUT2D eigenvalue weighted by molar-refractivity contribution is 7.91. The van der Waals surface area contributed by atoms with Gasteiger partial charge in [0.15, 0.2) is 9.84 Å². The fourth-order valence-corrected chi connectivity index (χ4v) is 4.80. The highest BCUT2D eigenvalue weighted by Gasteiger charge is 2.29. The van der Waals surface area contributed by atoms with Gasteiger partial charge in [0, 0.05) is 26.3 Å². The number of sulfone groups is 1. The Balaban J connectivity index is 1.68. The molecule has 0 saturated carbocycles. The van der Waals surface area contributed by atoms with Crippen LogP contribution in [0.3, 0.4) is 0 Å². The number of hydrogen-bond donors (Lipinski definition) is 0. The lowest BCUT2D eigenvalue weighted by atomic mass is 10.1. The molecule has 1 aromatic carbocycles. The minimum Gasteiger partial charge on any atom is -0.381 e. The molecule has 2 aliphatic heterocycles. The summed E-state index contributed by atoms with van der Waals surface area (Å²) in [6.07, 6.45) is 1.72. The van der Waals surface area contributed by atoms with Gasteiger partial charge in [-0.3, -0.25) is 0 Å². The van der Waals surface area contributed by atoms with E-state index in [0.29, 0.717) is 37.1 Å². The maximum absolute atomic E-state index is 12.5. The van der Waals surface area contributed by atoms with Gasteiger partial charge in [0.05, 0.1) is 16.7 Å². The molecule has 2 aromatic rings. The number of nitrogens with zero attached hydrogens (tertiary/aromatic N) is 5. The average Bonchev–Trinajstić information content (AvgIpc) is 3.04.